The lowest BCUT2D eigenvalue weighted by Crippen LogP contribution is -2.50. The molecule has 3 atom stereocenters. The van der Waals surface area contributed by atoms with Crippen LogP contribution >= 0.6 is 8.53 Å². The Hall–Kier alpha value is -4.65. The summed E-state index contributed by atoms with van der Waals surface area (Å²) < 4.78 is 35.5. The third kappa shape index (κ3) is 20.7. The zero-order chi connectivity index (χ0) is 51.0. The Bertz CT molecular complexity index is 1950. The SMILES string of the molecule is COc1ccc(C(OC(CNC(=O)C(CCCCNC(=O)CCC[N+](C)(C)C)NC(=O)CCC[N+](C)(C)C)COP(OCCC#N)N(C(C)C)C(C)C)(c2ccccc2)c2ccc(OC)cc2)cc1. The molecule has 0 aliphatic heterocycles. The van der Waals surface area contributed by atoms with E-state index in [-0.39, 0.29) is 62.4 Å². The van der Waals surface area contributed by atoms with Crippen molar-refractivity contribution in [1.82, 2.24) is 20.6 Å². The van der Waals surface area contributed by atoms with Crippen molar-refractivity contribution in [1.29, 1.82) is 5.26 Å². The summed E-state index contributed by atoms with van der Waals surface area (Å²) in [6.45, 7) is 10.7. The number of hydrogen-bond acceptors (Lipinski definition) is 10. The number of carbonyl (C=O) groups excluding carboxylic acids is 3. The molecule has 69 heavy (non-hydrogen) atoms. The summed E-state index contributed by atoms with van der Waals surface area (Å²) in [6, 6.07) is 26.8. The molecule has 382 valence electrons. The number of rotatable bonds is 33. The molecule has 3 rings (SSSR count). The van der Waals surface area contributed by atoms with E-state index in [0.29, 0.717) is 50.1 Å². The average Bonchev–Trinajstić information content (AvgIpc) is 3.30. The molecule has 3 aromatic carbocycles. The number of unbranched alkanes of at least 4 members (excludes halogenated alkanes) is 1. The molecular formula is C53H84N7O8P+2. The summed E-state index contributed by atoms with van der Waals surface area (Å²) in [4.78, 5) is 40.6. The normalized spacial score (nSPS) is 13.4. The van der Waals surface area contributed by atoms with E-state index in [4.69, 9.17) is 23.3 Å². The number of ether oxygens (including phenoxy) is 3. The number of nitrogens with one attached hydrogen (secondary N) is 3. The summed E-state index contributed by atoms with van der Waals surface area (Å²) in [5.41, 5.74) is 1.17. The molecule has 3 amide bonds. The second-order valence-electron chi connectivity index (χ2n) is 20.0. The maximum absolute atomic E-state index is 14.5. The van der Waals surface area contributed by atoms with Gasteiger partial charge in [-0.25, -0.2) is 4.67 Å². The Morgan fingerprint density at radius 2 is 1.22 bits per heavy atom. The Balaban J connectivity index is 2.06. The van der Waals surface area contributed by atoms with Crippen LogP contribution < -0.4 is 25.4 Å². The third-order valence-electron chi connectivity index (χ3n) is 11.4. The highest BCUT2D eigenvalue weighted by Crippen LogP contribution is 2.47. The number of nitrogens with zero attached hydrogens (tertiary/aromatic N) is 4. The number of carbonyl (C=O) groups is 3. The van der Waals surface area contributed by atoms with Gasteiger partial charge in [-0.2, -0.15) is 5.26 Å². The largest absolute Gasteiger partial charge is 0.497 e. The molecule has 16 heteroatoms. The molecule has 0 radical (unpaired) electrons. The minimum atomic E-state index is -1.69. The van der Waals surface area contributed by atoms with Crippen molar-refractivity contribution in [2.24, 2.45) is 0 Å². The predicted molar refractivity (Wildman–Crippen MR) is 274 cm³/mol. The minimum absolute atomic E-state index is 0.00165. The van der Waals surface area contributed by atoms with Crippen LogP contribution in [0, 0.1) is 11.3 Å². The molecule has 15 nitrogen and oxygen atoms in total. The number of nitriles is 1. The Morgan fingerprint density at radius 1 is 0.696 bits per heavy atom. The van der Waals surface area contributed by atoms with Crippen molar-refractivity contribution >= 4 is 26.2 Å². The third-order valence-corrected chi connectivity index (χ3v) is 13.5. The molecule has 0 heterocycles. The molecule has 3 N–H and O–H groups in total. The molecule has 0 bridgehead atoms. The fourth-order valence-electron chi connectivity index (χ4n) is 7.96. The molecule has 0 aliphatic carbocycles. The minimum Gasteiger partial charge on any atom is -0.497 e. The number of benzene rings is 3. The van der Waals surface area contributed by atoms with Crippen molar-refractivity contribution in [3.8, 4) is 17.6 Å². The lowest BCUT2D eigenvalue weighted by Gasteiger charge is -2.40. The van der Waals surface area contributed by atoms with Crippen molar-refractivity contribution in [2.75, 3.05) is 95.9 Å². The topological polar surface area (TPSA) is 160 Å². The molecule has 0 fully saturated rings. The van der Waals surface area contributed by atoms with Crippen molar-refractivity contribution in [2.45, 2.75) is 109 Å². The van der Waals surface area contributed by atoms with E-state index in [1.165, 1.54) is 0 Å². The number of amides is 3. The summed E-state index contributed by atoms with van der Waals surface area (Å²) in [6.07, 6.45) is 3.19. The van der Waals surface area contributed by atoms with E-state index in [0.717, 1.165) is 45.2 Å². The first kappa shape index (κ1) is 58.7. The molecule has 0 spiro atoms. The fourth-order valence-corrected chi connectivity index (χ4v) is 9.60. The number of quaternary nitrogens is 2. The van der Waals surface area contributed by atoms with Gasteiger partial charge in [-0.15, -0.1) is 0 Å². The van der Waals surface area contributed by atoms with Crippen molar-refractivity contribution in [3.63, 3.8) is 0 Å². The Labute approximate surface area is 415 Å². The molecule has 0 aromatic heterocycles. The van der Waals surface area contributed by atoms with Crippen molar-refractivity contribution < 1.29 is 46.6 Å². The lowest BCUT2D eigenvalue weighted by molar-refractivity contribution is -0.870. The van der Waals surface area contributed by atoms with Crippen LogP contribution in [0.4, 0.5) is 0 Å². The van der Waals surface area contributed by atoms with E-state index in [1.807, 2.05) is 78.9 Å². The summed E-state index contributed by atoms with van der Waals surface area (Å²) in [7, 11) is 14.1. The van der Waals surface area contributed by atoms with Gasteiger partial charge in [0.05, 0.1) is 95.3 Å². The number of hydrogen-bond donors (Lipinski definition) is 3. The highest BCUT2D eigenvalue weighted by atomic mass is 31.2. The average molecular weight is 978 g/mol. The standard InChI is InChI=1S/C53H82N7O8P/c1-41(2)58(42(3)4)69(66-38-20-34-54)67-40-48(68-53(43-21-14-13-15-22-43,44-26-30-46(64-11)31-27-44)45-28-32-47(65-12)33-29-45)39-56-52(63)49(57-51(62)25-19-37-60(8,9)10)23-16-17-35-55-50(61)24-18-36-59(5,6)7/h13-15,21-22,26-33,41-42,48-49H,16-20,23-25,35-40H2,1-12H3,(H-2,55,56,57,61,62,63)/p+2. The molecule has 3 aromatic rings. The smallest absolute Gasteiger partial charge is 0.259 e. The second kappa shape index (κ2) is 29.5. The zero-order valence-corrected chi connectivity index (χ0v) is 44.6. The number of methoxy groups -OCH3 is 2. The van der Waals surface area contributed by atoms with Crippen LogP contribution in [0.25, 0.3) is 0 Å². The Kier molecular flexibility index (Phi) is 25.1. The van der Waals surface area contributed by atoms with Crippen LogP contribution in [0.15, 0.2) is 78.9 Å². The summed E-state index contributed by atoms with van der Waals surface area (Å²) >= 11 is 0. The maximum Gasteiger partial charge on any atom is 0.259 e. The van der Waals surface area contributed by atoms with E-state index < -0.39 is 26.3 Å². The first-order valence-corrected chi connectivity index (χ1v) is 25.5. The second-order valence-corrected chi connectivity index (χ2v) is 21.5. The van der Waals surface area contributed by atoms with Crippen LogP contribution in [-0.4, -0.2) is 151 Å². The van der Waals surface area contributed by atoms with Gasteiger partial charge in [0.1, 0.15) is 29.2 Å². The van der Waals surface area contributed by atoms with Gasteiger partial charge in [0.2, 0.25) is 17.7 Å². The van der Waals surface area contributed by atoms with Crippen LogP contribution in [0.3, 0.4) is 0 Å². The van der Waals surface area contributed by atoms with E-state index in [2.05, 4.69) is 96.7 Å². The van der Waals surface area contributed by atoms with Crippen LogP contribution in [0.1, 0.15) is 95.8 Å². The van der Waals surface area contributed by atoms with Gasteiger partial charge in [-0.1, -0.05) is 54.6 Å². The quantitative estimate of drug-likeness (QED) is 0.0241. The van der Waals surface area contributed by atoms with Gasteiger partial charge in [0.25, 0.3) is 8.53 Å². The van der Waals surface area contributed by atoms with E-state index in [1.54, 1.807) is 14.2 Å². The first-order chi connectivity index (χ1) is 32.7. The molecule has 3 unspecified atom stereocenters. The van der Waals surface area contributed by atoms with E-state index in [9.17, 15) is 19.6 Å². The fraction of sp³-hybridized carbons (Fsp3) is 0.585. The van der Waals surface area contributed by atoms with Gasteiger partial charge in [0, 0.05) is 50.9 Å². The van der Waals surface area contributed by atoms with Crippen LogP contribution in [0.2, 0.25) is 0 Å². The molecule has 0 saturated heterocycles. The monoisotopic (exact) mass is 978 g/mol. The highest BCUT2D eigenvalue weighted by molar-refractivity contribution is 7.44. The summed E-state index contributed by atoms with van der Waals surface area (Å²) in [5, 5.41) is 18.7. The Morgan fingerprint density at radius 3 is 1.71 bits per heavy atom. The maximum atomic E-state index is 14.5. The molecule has 0 saturated carbocycles. The molecular weight excluding hydrogens is 894 g/mol. The predicted octanol–water partition coefficient (Wildman–Crippen LogP) is 7.53. The zero-order valence-electron chi connectivity index (χ0n) is 43.7. The van der Waals surface area contributed by atoms with Crippen molar-refractivity contribution in [3.05, 3.63) is 95.6 Å². The van der Waals surface area contributed by atoms with Crippen LogP contribution in [-0.2, 0) is 33.8 Å². The molecule has 0 aliphatic rings. The van der Waals surface area contributed by atoms with Gasteiger partial charge < -0.3 is 48.2 Å². The highest BCUT2D eigenvalue weighted by Gasteiger charge is 2.41. The van der Waals surface area contributed by atoms with Gasteiger partial charge in [0.15, 0.2) is 0 Å². The van der Waals surface area contributed by atoms with Crippen LogP contribution in [0.5, 0.6) is 11.5 Å². The summed E-state index contributed by atoms with van der Waals surface area (Å²) in [5.74, 6) is 0.805. The lowest BCUT2D eigenvalue weighted by atomic mass is 9.79. The van der Waals surface area contributed by atoms with E-state index >= 15 is 0 Å². The van der Waals surface area contributed by atoms with Gasteiger partial charge in [-0.3, -0.25) is 14.4 Å². The van der Waals surface area contributed by atoms with Gasteiger partial charge in [-0.05, 0) is 87.9 Å². The van der Waals surface area contributed by atoms with Gasteiger partial charge >= 0.3 is 0 Å². The first-order valence-electron chi connectivity index (χ1n) is 24.4.